The molecule has 116 valence electrons. The monoisotopic (exact) mass is 368 g/mol. The first kappa shape index (κ1) is 17.3. The minimum Gasteiger partial charge on any atom is -0.206 e. The maximum absolute atomic E-state index is 13.4. The molecule has 0 nitrogen and oxygen atoms in total. The summed E-state index contributed by atoms with van der Waals surface area (Å²) in [7, 11) is 0. The van der Waals surface area contributed by atoms with Crippen LogP contribution in [0.2, 0.25) is 0 Å². The molecule has 2 aromatic rings. The largest absolute Gasteiger partial charge is 0.206 e. The summed E-state index contributed by atoms with van der Waals surface area (Å²) in [6.45, 7) is 2.19. The second-order valence-electron chi connectivity index (χ2n) is 5.22. The quantitative estimate of drug-likeness (QED) is 0.465. The molecule has 0 amide bonds. The Morgan fingerprint density at radius 2 is 1.48 bits per heavy atom. The standard InChI is InChI=1S/C21H18BrF/c1-2-3-4-5-6-7-17-8-10-18(11-9-17)12-13-19-14-15-20(22)21(23)16-19/h8-11,14-16H,2-5H2,1H3. The van der Waals surface area contributed by atoms with Gasteiger partial charge in [0.25, 0.3) is 0 Å². The van der Waals surface area contributed by atoms with Crippen molar-refractivity contribution in [1.29, 1.82) is 0 Å². The molecular formula is C21H18BrF. The van der Waals surface area contributed by atoms with Gasteiger partial charge < -0.3 is 0 Å². The summed E-state index contributed by atoms with van der Waals surface area (Å²) in [5.74, 6) is 12.1. The fourth-order valence-electron chi connectivity index (χ4n) is 1.98. The van der Waals surface area contributed by atoms with Gasteiger partial charge in [-0.3, -0.25) is 0 Å². The lowest BCUT2D eigenvalue weighted by Gasteiger charge is -1.95. The van der Waals surface area contributed by atoms with Crippen LogP contribution in [0.15, 0.2) is 46.9 Å². The Hall–Kier alpha value is -2.03. The van der Waals surface area contributed by atoms with E-state index in [-0.39, 0.29) is 5.82 Å². The van der Waals surface area contributed by atoms with Gasteiger partial charge in [-0.2, -0.15) is 0 Å². The lowest BCUT2D eigenvalue weighted by atomic mass is 10.1. The molecule has 2 aromatic carbocycles. The fraction of sp³-hybridized carbons (Fsp3) is 0.238. The number of halogens is 2. The van der Waals surface area contributed by atoms with Crippen molar-refractivity contribution in [2.45, 2.75) is 32.6 Å². The molecular weight excluding hydrogens is 351 g/mol. The molecule has 0 unspecified atom stereocenters. The molecule has 0 aromatic heterocycles. The summed E-state index contributed by atoms with van der Waals surface area (Å²) in [5.41, 5.74) is 2.55. The van der Waals surface area contributed by atoms with Crippen LogP contribution in [0.3, 0.4) is 0 Å². The average Bonchev–Trinajstić information content (AvgIpc) is 2.57. The SMILES string of the molecule is CCCCCC#Cc1ccc(C#Cc2ccc(Br)c(F)c2)cc1. The van der Waals surface area contributed by atoms with E-state index in [1.165, 1.54) is 18.9 Å². The molecule has 0 aliphatic rings. The van der Waals surface area contributed by atoms with E-state index in [4.69, 9.17) is 0 Å². The lowest BCUT2D eigenvalue weighted by molar-refractivity contribution is 0.621. The van der Waals surface area contributed by atoms with Crippen molar-refractivity contribution in [2.75, 3.05) is 0 Å². The lowest BCUT2D eigenvalue weighted by Crippen LogP contribution is -1.81. The average molecular weight is 369 g/mol. The smallest absolute Gasteiger partial charge is 0.138 e. The Labute approximate surface area is 146 Å². The molecule has 0 saturated heterocycles. The fourth-order valence-corrected chi connectivity index (χ4v) is 2.23. The van der Waals surface area contributed by atoms with E-state index in [1.54, 1.807) is 12.1 Å². The van der Waals surface area contributed by atoms with Crippen molar-refractivity contribution < 1.29 is 4.39 Å². The van der Waals surface area contributed by atoms with Crippen LogP contribution in [0, 0.1) is 29.5 Å². The van der Waals surface area contributed by atoms with E-state index < -0.39 is 0 Å². The van der Waals surface area contributed by atoms with Crippen LogP contribution >= 0.6 is 15.9 Å². The first-order valence-corrected chi connectivity index (χ1v) is 8.54. The number of hydrogen-bond acceptors (Lipinski definition) is 0. The van der Waals surface area contributed by atoms with E-state index in [2.05, 4.69) is 46.5 Å². The van der Waals surface area contributed by atoms with E-state index in [1.807, 2.05) is 24.3 Å². The van der Waals surface area contributed by atoms with Gasteiger partial charge >= 0.3 is 0 Å². The molecule has 2 rings (SSSR count). The summed E-state index contributed by atoms with van der Waals surface area (Å²) in [5, 5.41) is 0. The van der Waals surface area contributed by atoms with Crippen molar-refractivity contribution in [2.24, 2.45) is 0 Å². The third kappa shape index (κ3) is 5.93. The van der Waals surface area contributed by atoms with Crippen molar-refractivity contribution in [3.63, 3.8) is 0 Å². The Bertz CT molecular complexity index is 767. The van der Waals surface area contributed by atoms with Crippen LogP contribution in [0.4, 0.5) is 4.39 Å². The van der Waals surface area contributed by atoms with E-state index in [9.17, 15) is 4.39 Å². The molecule has 0 atom stereocenters. The minimum absolute atomic E-state index is 0.300. The summed E-state index contributed by atoms with van der Waals surface area (Å²) in [6, 6.07) is 12.7. The van der Waals surface area contributed by atoms with Gasteiger partial charge in [-0.05, 0) is 64.8 Å². The first-order chi connectivity index (χ1) is 11.2. The minimum atomic E-state index is -0.300. The van der Waals surface area contributed by atoms with Gasteiger partial charge in [-0.25, -0.2) is 4.39 Å². The molecule has 2 heteroatoms. The summed E-state index contributed by atoms with van der Waals surface area (Å²) < 4.78 is 13.9. The second kappa shape index (κ2) is 9.19. The van der Waals surface area contributed by atoms with E-state index in [0.29, 0.717) is 10.0 Å². The number of benzene rings is 2. The number of rotatable bonds is 3. The molecule has 0 aliphatic carbocycles. The molecule has 23 heavy (non-hydrogen) atoms. The van der Waals surface area contributed by atoms with Crippen LogP contribution < -0.4 is 0 Å². The highest BCUT2D eigenvalue weighted by molar-refractivity contribution is 9.10. The molecule has 0 N–H and O–H groups in total. The third-order valence-corrected chi connectivity index (χ3v) is 3.94. The first-order valence-electron chi connectivity index (χ1n) is 7.75. The zero-order valence-corrected chi connectivity index (χ0v) is 14.7. The van der Waals surface area contributed by atoms with Crippen LogP contribution in [0.5, 0.6) is 0 Å². The molecule has 0 saturated carbocycles. The van der Waals surface area contributed by atoms with Crippen molar-refractivity contribution >= 4 is 15.9 Å². The highest BCUT2D eigenvalue weighted by Gasteiger charge is 1.98. The Balaban J connectivity index is 2.00. The highest BCUT2D eigenvalue weighted by atomic mass is 79.9. The molecule has 0 radical (unpaired) electrons. The van der Waals surface area contributed by atoms with Gasteiger partial charge in [-0.1, -0.05) is 43.4 Å². The van der Waals surface area contributed by atoms with Gasteiger partial charge in [0.1, 0.15) is 5.82 Å². The number of hydrogen-bond donors (Lipinski definition) is 0. The van der Waals surface area contributed by atoms with Gasteiger partial charge in [0.15, 0.2) is 0 Å². The topological polar surface area (TPSA) is 0 Å². The predicted octanol–water partition coefficient (Wildman–Crippen LogP) is 5.92. The molecule has 0 heterocycles. The van der Waals surface area contributed by atoms with Crippen LogP contribution in [-0.2, 0) is 0 Å². The van der Waals surface area contributed by atoms with Gasteiger partial charge in [0, 0.05) is 23.1 Å². The van der Waals surface area contributed by atoms with Gasteiger partial charge in [-0.15, -0.1) is 0 Å². The zero-order valence-electron chi connectivity index (χ0n) is 13.1. The van der Waals surface area contributed by atoms with Crippen molar-refractivity contribution in [1.82, 2.24) is 0 Å². The highest BCUT2D eigenvalue weighted by Crippen LogP contribution is 2.15. The van der Waals surface area contributed by atoms with Crippen LogP contribution in [-0.4, -0.2) is 0 Å². The Kier molecular flexibility index (Phi) is 6.92. The molecule has 0 bridgehead atoms. The summed E-state index contributed by atoms with van der Waals surface area (Å²) in [4.78, 5) is 0. The van der Waals surface area contributed by atoms with E-state index in [0.717, 1.165) is 24.0 Å². The van der Waals surface area contributed by atoms with Crippen LogP contribution in [0.1, 0.15) is 49.3 Å². The predicted molar refractivity (Wildman–Crippen MR) is 97.5 cm³/mol. The van der Waals surface area contributed by atoms with Gasteiger partial charge in [0.05, 0.1) is 4.47 Å². The maximum Gasteiger partial charge on any atom is 0.138 e. The molecule has 0 fully saturated rings. The number of unbranched alkanes of at least 4 members (excludes halogenated alkanes) is 3. The Morgan fingerprint density at radius 1 is 0.870 bits per heavy atom. The van der Waals surface area contributed by atoms with Crippen molar-refractivity contribution in [3.8, 4) is 23.7 Å². The van der Waals surface area contributed by atoms with E-state index >= 15 is 0 Å². The summed E-state index contributed by atoms with van der Waals surface area (Å²) >= 11 is 3.13. The zero-order chi connectivity index (χ0) is 16.5. The second-order valence-corrected chi connectivity index (χ2v) is 6.07. The molecule has 0 spiro atoms. The Morgan fingerprint density at radius 3 is 2.13 bits per heavy atom. The normalized spacial score (nSPS) is 9.52. The third-order valence-electron chi connectivity index (χ3n) is 3.29. The van der Waals surface area contributed by atoms with Gasteiger partial charge in [0.2, 0.25) is 0 Å². The van der Waals surface area contributed by atoms with Crippen molar-refractivity contribution in [3.05, 3.63) is 69.4 Å². The molecule has 0 aliphatic heterocycles. The van der Waals surface area contributed by atoms with Crippen LogP contribution in [0.25, 0.3) is 0 Å². The maximum atomic E-state index is 13.4. The summed E-state index contributed by atoms with van der Waals surface area (Å²) in [6.07, 6.45) is 4.57.